The summed E-state index contributed by atoms with van der Waals surface area (Å²) in [5.41, 5.74) is 0.594. The summed E-state index contributed by atoms with van der Waals surface area (Å²) in [5.74, 6) is 0.517. The molecule has 0 heterocycles. The van der Waals surface area contributed by atoms with Gasteiger partial charge in [0.1, 0.15) is 0 Å². The standard InChI is InChI=1S/C12H15BrClNO/c1-8(2)5-6-15-12(16)9-3-4-10(13)11(14)7-9/h3-4,7-8H,5-6H2,1-2H3,(H,15,16). The van der Waals surface area contributed by atoms with Crippen LogP contribution in [-0.4, -0.2) is 12.5 Å². The van der Waals surface area contributed by atoms with Gasteiger partial charge in [0.15, 0.2) is 0 Å². The second-order valence-electron chi connectivity index (χ2n) is 4.07. The van der Waals surface area contributed by atoms with Gasteiger partial charge < -0.3 is 5.32 Å². The molecule has 1 amide bonds. The first kappa shape index (κ1) is 13.5. The molecule has 1 rings (SSSR count). The van der Waals surface area contributed by atoms with Crippen LogP contribution in [-0.2, 0) is 0 Å². The van der Waals surface area contributed by atoms with Gasteiger partial charge in [-0.05, 0) is 46.5 Å². The predicted molar refractivity (Wildman–Crippen MR) is 70.9 cm³/mol. The third-order valence-electron chi connectivity index (χ3n) is 2.19. The number of amides is 1. The second kappa shape index (κ2) is 6.26. The van der Waals surface area contributed by atoms with Crippen molar-refractivity contribution in [1.29, 1.82) is 0 Å². The minimum atomic E-state index is -0.0740. The average Bonchev–Trinajstić information content (AvgIpc) is 2.21. The third-order valence-corrected chi connectivity index (χ3v) is 3.42. The average molecular weight is 305 g/mol. The van der Waals surface area contributed by atoms with E-state index >= 15 is 0 Å². The predicted octanol–water partition coefficient (Wildman–Crippen LogP) is 3.88. The first-order chi connectivity index (χ1) is 7.50. The molecule has 0 atom stereocenters. The van der Waals surface area contributed by atoms with Gasteiger partial charge >= 0.3 is 0 Å². The van der Waals surface area contributed by atoms with Crippen molar-refractivity contribution in [2.24, 2.45) is 5.92 Å². The molecule has 0 bridgehead atoms. The molecule has 16 heavy (non-hydrogen) atoms. The van der Waals surface area contributed by atoms with Gasteiger partial charge in [-0.15, -0.1) is 0 Å². The molecule has 0 aliphatic heterocycles. The monoisotopic (exact) mass is 303 g/mol. The van der Waals surface area contributed by atoms with Crippen LogP contribution in [0.3, 0.4) is 0 Å². The van der Waals surface area contributed by atoms with Gasteiger partial charge in [-0.2, -0.15) is 0 Å². The number of benzene rings is 1. The summed E-state index contributed by atoms with van der Waals surface area (Å²) in [6.07, 6.45) is 0.982. The summed E-state index contributed by atoms with van der Waals surface area (Å²) in [7, 11) is 0. The van der Waals surface area contributed by atoms with Crippen LogP contribution in [0.4, 0.5) is 0 Å². The van der Waals surface area contributed by atoms with Gasteiger partial charge in [-0.1, -0.05) is 25.4 Å². The van der Waals surface area contributed by atoms with E-state index in [-0.39, 0.29) is 5.91 Å². The van der Waals surface area contributed by atoms with Crippen molar-refractivity contribution in [3.63, 3.8) is 0 Å². The molecular weight excluding hydrogens is 289 g/mol. The first-order valence-electron chi connectivity index (χ1n) is 5.24. The third kappa shape index (κ3) is 4.14. The summed E-state index contributed by atoms with van der Waals surface area (Å²) in [5, 5.41) is 3.42. The number of carbonyl (C=O) groups is 1. The molecular formula is C12H15BrClNO. The molecule has 0 fully saturated rings. The number of hydrogen-bond donors (Lipinski definition) is 1. The van der Waals surface area contributed by atoms with Gasteiger partial charge in [0.05, 0.1) is 5.02 Å². The zero-order valence-electron chi connectivity index (χ0n) is 9.39. The Morgan fingerprint density at radius 1 is 1.50 bits per heavy atom. The Bertz CT molecular complexity index is 379. The maximum absolute atomic E-state index is 11.7. The number of nitrogens with one attached hydrogen (secondary N) is 1. The van der Waals surface area contributed by atoms with E-state index < -0.39 is 0 Å². The maximum atomic E-state index is 11.7. The summed E-state index contributed by atoms with van der Waals surface area (Å²) in [6, 6.07) is 5.19. The van der Waals surface area contributed by atoms with Crippen LogP contribution in [0.1, 0.15) is 30.6 Å². The molecule has 4 heteroatoms. The molecule has 0 spiro atoms. The van der Waals surface area contributed by atoms with Gasteiger partial charge in [0, 0.05) is 16.6 Å². The van der Waals surface area contributed by atoms with Crippen molar-refractivity contribution in [1.82, 2.24) is 5.32 Å². The highest BCUT2D eigenvalue weighted by Crippen LogP contribution is 2.23. The van der Waals surface area contributed by atoms with Crippen molar-refractivity contribution < 1.29 is 4.79 Å². The first-order valence-corrected chi connectivity index (χ1v) is 6.41. The minimum absolute atomic E-state index is 0.0740. The van der Waals surface area contributed by atoms with E-state index in [2.05, 4.69) is 35.1 Å². The van der Waals surface area contributed by atoms with Crippen LogP contribution in [0.2, 0.25) is 5.02 Å². The normalized spacial score (nSPS) is 10.6. The van der Waals surface area contributed by atoms with Crippen LogP contribution < -0.4 is 5.32 Å². The van der Waals surface area contributed by atoms with E-state index in [0.29, 0.717) is 23.0 Å². The number of halogens is 2. The highest BCUT2D eigenvalue weighted by molar-refractivity contribution is 9.10. The fourth-order valence-corrected chi connectivity index (χ4v) is 1.64. The smallest absolute Gasteiger partial charge is 0.251 e. The quantitative estimate of drug-likeness (QED) is 0.898. The summed E-state index contributed by atoms with van der Waals surface area (Å²) in [4.78, 5) is 11.7. The summed E-state index contributed by atoms with van der Waals surface area (Å²) in [6.45, 7) is 4.95. The Hall–Kier alpha value is -0.540. The largest absolute Gasteiger partial charge is 0.352 e. The molecule has 1 N–H and O–H groups in total. The lowest BCUT2D eigenvalue weighted by molar-refractivity contribution is 0.0952. The van der Waals surface area contributed by atoms with Crippen LogP contribution in [0.5, 0.6) is 0 Å². The van der Waals surface area contributed by atoms with E-state index in [9.17, 15) is 4.79 Å². The lowest BCUT2D eigenvalue weighted by atomic mass is 10.1. The Morgan fingerprint density at radius 3 is 2.75 bits per heavy atom. The fourth-order valence-electron chi connectivity index (χ4n) is 1.21. The van der Waals surface area contributed by atoms with Crippen molar-refractivity contribution in [3.05, 3.63) is 33.3 Å². The van der Waals surface area contributed by atoms with Crippen molar-refractivity contribution in [3.8, 4) is 0 Å². The molecule has 0 saturated heterocycles. The Labute approximate surface area is 110 Å². The fraction of sp³-hybridized carbons (Fsp3) is 0.417. The maximum Gasteiger partial charge on any atom is 0.251 e. The summed E-state index contributed by atoms with van der Waals surface area (Å²) >= 11 is 9.20. The zero-order valence-corrected chi connectivity index (χ0v) is 11.7. The van der Waals surface area contributed by atoms with Gasteiger partial charge in [0.2, 0.25) is 0 Å². The van der Waals surface area contributed by atoms with E-state index in [0.717, 1.165) is 10.9 Å². The number of rotatable bonds is 4. The Kier molecular flexibility index (Phi) is 5.29. The van der Waals surface area contributed by atoms with Crippen molar-refractivity contribution in [2.75, 3.05) is 6.54 Å². The van der Waals surface area contributed by atoms with Crippen LogP contribution in [0, 0.1) is 5.92 Å². The lowest BCUT2D eigenvalue weighted by Gasteiger charge is -2.07. The van der Waals surface area contributed by atoms with Crippen molar-refractivity contribution >= 4 is 33.4 Å². The number of hydrogen-bond acceptors (Lipinski definition) is 1. The van der Waals surface area contributed by atoms with Crippen molar-refractivity contribution in [2.45, 2.75) is 20.3 Å². The Morgan fingerprint density at radius 2 is 2.19 bits per heavy atom. The van der Waals surface area contributed by atoms with Crippen LogP contribution in [0.25, 0.3) is 0 Å². The molecule has 88 valence electrons. The van der Waals surface area contributed by atoms with E-state index in [1.807, 2.05) is 0 Å². The zero-order chi connectivity index (χ0) is 12.1. The molecule has 0 radical (unpaired) electrons. The molecule has 1 aromatic carbocycles. The van der Waals surface area contributed by atoms with E-state index in [4.69, 9.17) is 11.6 Å². The molecule has 1 aromatic rings. The van der Waals surface area contributed by atoms with Gasteiger partial charge in [-0.25, -0.2) is 0 Å². The minimum Gasteiger partial charge on any atom is -0.352 e. The second-order valence-corrected chi connectivity index (χ2v) is 5.33. The molecule has 0 saturated carbocycles. The van der Waals surface area contributed by atoms with E-state index in [1.54, 1.807) is 18.2 Å². The van der Waals surface area contributed by atoms with Gasteiger partial charge in [0.25, 0.3) is 5.91 Å². The lowest BCUT2D eigenvalue weighted by Crippen LogP contribution is -2.25. The van der Waals surface area contributed by atoms with Gasteiger partial charge in [-0.3, -0.25) is 4.79 Å². The highest BCUT2D eigenvalue weighted by atomic mass is 79.9. The molecule has 0 aromatic heterocycles. The van der Waals surface area contributed by atoms with E-state index in [1.165, 1.54) is 0 Å². The Balaban J connectivity index is 2.56. The van der Waals surface area contributed by atoms with Crippen LogP contribution >= 0.6 is 27.5 Å². The highest BCUT2D eigenvalue weighted by Gasteiger charge is 2.07. The van der Waals surface area contributed by atoms with Crippen LogP contribution in [0.15, 0.2) is 22.7 Å². The SMILES string of the molecule is CC(C)CCNC(=O)c1ccc(Br)c(Cl)c1. The topological polar surface area (TPSA) is 29.1 Å². The molecule has 2 nitrogen and oxygen atoms in total. The molecule has 0 unspecified atom stereocenters. The molecule has 0 aliphatic rings. The number of carbonyl (C=O) groups excluding carboxylic acids is 1. The summed E-state index contributed by atoms with van der Waals surface area (Å²) < 4.78 is 0.799. The molecule has 0 aliphatic carbocycles.